The molecule has 1 unspecified atom stereocenters. The molecule has 0 saturated heterocycles. The van der Waals surface area contributed by atoms with Crippen LogP contribution in [-0.4, -0.2) is 6.03 Å². The predicted octanol–water partition coefficient (Wildman–Crippen LogP) is 2.06. The SMILES string of the molecule is CC#CC1(C)NC(=O)Nc2ccccc21. The van der Waals surface area contributed by atoms with E-state index in [2.05, 4.69) is 22.5 Å². The van der Waals surface area contributed by atoms with Gasteiger partial charge in [0.05, 0.1) is 0 Å². The number of rotatable bonds is 0. The van der Waals surface area contributed by atoms with Crippen LogP contribution in [-0.2, 0) is 5.54 Å². The molecule has 3 nitrogen and oxygen atoms in total. The van der Waals surface area contributed by atoms with Gasteiger partial charge < -0.3 is 10.6 Å². The predicted molar refractivity (Wildman–Crippen MR) is 59.4 cm³/mol. The first-order valence-corrected chi connectivity index (χ1v) is 4.78. The van der Waals surface area contributed by atoms with Gasteiger partial charge in [-0.1, -0.05) is 24.1 Å². The van der Waals surface area contributed by atoms with Gasteiger partial charge in [0.2, 0.25) is 0 Å². The largest absolute Gasteiger partial charge is 0.320 e. The van der Waals surface area contributed by atoms with Crippen molar-refractivity contribution >= 4 is 11.7 Å². The van der Waals surface area contributed by atoms with Gasteiger partial charge >= 0.3 is 6.03 Å². The number of urea groups is 1. The monoisotopic (exact) mass is 200 g/mol. The van der Waals surface area contributed by atoms with E-state index in [1.807, 2.05) is 31.2 Å². The number of hydrogen-bond donors (Lipinski definition) is 2. The zero-order chi connectivity index (χ0) is 10.9. The van der Waals surface area contributed by atoms with Crippen molar-refractivity contribution in [3.63, 3.8) is 0 Å². The molecular formula is C12H12N2O. The summed E-state index contributed by atoms with van der Waals surface area (Å²) in [5, 5.41) is 5.58. The molecule has 0 saturated carbocycles. The molecule has 0 fully saturated rings. The van der Waals surface area contributed by atoms with E-state index >= 15 is 0 Å². The first-order chi connectivity index (χ1) is 7.15. The summed E-state index contributed by atoms with van der Waals surface area (Å²) in [7, 11) is 0. The molecule has 0 aliphatic carbocycles. The van der Waals surface area contributed by atoms with Gasteiger partial charge in [-0.05, 0) is 19.9 Å². The third kappa shape index (κ3) is 1.55. The zero-order valence-corrected chi connectivity index (χ0v) is 8.72. The molecule has 0 radical (unpaired) electrons. The minimum Gasteiger partial charge on any atom is -0.318 e. The number of fused-ring (bicyclic) bond motifs is 1. The van der Waals surface area contributed by atoms with Gasteiger partial charge in [-0.3, -0.25) is 0 Å². The number of hydrogen-bond acceptors (Lipinski definition) is 1. The third-order valence-corrected chi connectivity index (χ3v) is 2.45. The number of benzene rings is 1. The lowest BCUT2D eigenvalue weighted by Crippen LogP contribution is -2.48. The molecule has 2 N–H and O–H groups in total. The molecule has 0 spiro atoms. The highest BCUT2D eigenvalue weighted by Crippen LogP contribution is 2.30. The summed E-state index contributed by atoms with van der Waals surface area (Å²) in [6, 6.07) is 7.46. The van der Waals surface area contributed by atoms with Crippen LogP contribution in [0.2, 0.25) is 0 Å². The lowest BCUT2D eigenvalue weighted by atomic mass is 9.89. The Balaban J connectivity index is 2.59. The average molecular weight is 200 g/mol. The van der Waals surface area contributed by atoms with Crippen molar-refractivity contribution in [3.8, 4) is 11.8 Å². The first-order valence-electron chi connectivity index (χ1n) is 4.78. The Morgan fingerprint density at radius 1 is 1.33 bits per heavy atom. The maximum Gasteiger partial charge on any atom is 0.320 e. The van der Waals surface area contributed by atoms with Crippen molar-refractivity contribution in [2.45, 2.75) is 19.4 Å². The molecule has 1 aliphatic rings. The van der Waals surface area contributed by atoms with Crippen LogP contribution in [0.15, 0.2) is 24.3 Å². The highest BCUT2D eigenvalue weighted by molar-refractivity contribution is 5.94. The smallest absolute Gasteiger partial charge is 0.318 e. The minimum atomic E-state index is -0.590. The molecule has 1 aliphatic heterocycles. The number of nitrogens with one attached hydrogen (secondary N) is 2. The number of carbonyl (C=O) groups excluding carboxylic acids is 1. The molecular weight excluding hydrogens is 188 g/mol. The van der Waals surface area contributed by atoms with Crippen molar-refractivity contribution in [2.75, 3.05) is 5.32 Å². The maximum absolute atomic E-state index is 11.4. The van der Waals surface area contributed by atoms with Crippen LogP contribution in [0.4, 0.5) is 10.5 Å². The van der Waals surface area contributed by atoms with E-state index in [-0.39, 0.29) is 6.03 Å². The normalized spacial score (nSPS) is 22.9. The highest BCUT2D eigenvalue weighted by atomic mass is 16.2. The van der Waals surface area contributed by atoms with Gasteiger partial charge in [0.25, 0.3) is 0 Å². The van der Waals surface area contributed by atoms with Gasteiger partial charge in [-0.25, -0.2) is 4.79 Å². The molecule has 1 aromatic rings. The molecule has 0 bridgehead atoms. The summed E-state index contributed by atoms with van der Waals surface area (Å²) in [6.45, 7) is 3.67. The molecule has 2 rings (SSSR count). The zero-order valence-electron chi connectivity index (χ0n) is 8.72. The van der Waals surface area contributed by atoms with Crippen LogP contribution in [0.3, 0.4) is 0 Å². The minimum absolute atomic E-state index is 0.209. The van der Waals surface area contributed by atoms with E-state index in [1.165, 1.54) is 0 Å². The van der Waals surface area contributed by atoms with Crippen molar-refractivity contribution in [1.29, 1.82) is 0 Å². The Hall–Kier alpha value is -1.95. The van der Waals surface area contributed by atoms with Crippen LogP contribution in [0.5, 0.6) is 0 Å². The molecule has 1 heterocycles. The standard InChI is InChI=1S/C12H12N2O/c1-3-8-12(2)9-6-4-5-7-10(9)13-11(15)14-12/h4-7H,1-2H3,(H2,13,14,15). The molecule has 15 heavy (non-hydrogen) atoms. The highest BCUT2D eigenvalue weighted by Gasteiger charge is 2.33. The Morgan fingerprint density at radius 3 is 2.80 bits per heavy atom. The van der Waals surface area contributed by atoms with Gasteiger partial charge in [0.15, 0.2) is 0 Å². The van der Waals surface area contributed by atoms with Crippen molar-refractivity contribution in [1.82, 2.24) is 5.32 Å². The number of carbonyl (C=O) groups is 1. The Bertz CT molecular complexity index is 470. The van der Waals surface area contributed by atoms with Gasteiger partial charge in [0, 0.05) is 11.3 Å². The summed E-state index contributed by atoms with van der Waals surface area (Å²) in [6.07, 6.45) is 0. The Kier molecular flexibility index (Phi) is 2.12. The van der Waals surface area contributed by atoms with Crippen LogP contribution < -0.4 is 10.6 Å². The second kappa shape index (κ2) is 3.32. The van der Waals surface area contributed by atoms with Crippen molar-refractivity contribution < 1.29 is 4.79 Å². The van der Waals surface area contributed by atoms with Crippen LogP contribution in [0.25, 0.3) is 0 Å². The topological polar surface area (TPSA) is 41.1 Å². The van der Waals surface area contributed by atoms with Gasteiger partial charge in [-0.15, -0.1) is 5.92 Å². The van der Waals surface area contributed by atoms with Crippen LogP contribution >= 0.6 is 0 Å². The van der Waals surface area contributed by atoms with E-state index in [0.717, 1.165) is 11.3 Å². The van der Waals surface area contributed by atoms with Gasteiger partial charge in [-0.2, -0.15) is 0 Å². The number of anilines is 1. The lowest BCUT2D eigenvalue weighted by molar-refractivity contribution is 0.244. The Morgan fingerprint density at radius 2 is 2.07 bits per heavy atom. The van der Waals surface area contributed by atoms with Crippen LogP contribution in [0, 0.1) is 11.8 Å². The first kappa shape index (κ1) is 9.60. The van der Waals surface area contributed by atoms with E-state index in [0.29, 0.717) is 0 Å². The Labute approximate surface area is 88.9 Å². The van der Waals surface area contributed by atoms with Crippen molar-refractivity contribution in [2.24, 2.45) is 0 Å². The fourth-order valence-electron chi connectivity index (χ4n) is 1.82. The molecule has 0 aromatic heterocycles. The fraction of sp³-hybridized carbons (Fsp3) is 0.250. The number of para-hydroxylation sites is 1. The quantitative estimate of drug-likeness (QED) is 0.618. The average Bonchev–Trinajstić information content (AvgIpc) is 2.17. The fourth-order valence-corrected chi connectivity index (χ4v) is 1.82. The molecule has 1 aromatic carbocycles. The summed E-state index contributed by atoms with van der Waals surface area (Å²) in [5.41, 5.74) is 1.23. The van der Waals surface area contributed by atoms with Crippen LogP contribution in [0.1, 0.15) is 19.4 Å². The summed E-state index contributed by atoms with van der Waals surface area (Å²) >= 11 is 0. The number of amides is 2. The van der Waals surface area contributed by atoms with E-state index in [1.54, 1.807) is 6.92 Å². The summed E-state index contributed by atoms with van der Waals surface area (Å²) < 4.78 is 0. The summed E-state index contributed by atoms with van der Waals surface area (Å²) in [5.74, 6) is 5.87. The van der Waals surface area contributed by atoms with Gasteiger partial charge in [0.1, 0.15) is 5.54 Å². The van der Waals surface area contributed by atoms with E-state index < -0.39 is 5.54 Å². The molecule has 3 heteroatoms. The molecule has 76 valence electrons. The lowest BCUT2D eigenvalue weighted by Gasteiger charge is -2.32. The molecule has 1 atom stereocenters. The molecule has 2 amide bonds. The third-order valence-electron chi connectivity index (χ3n) is 2.45. The van der Waals surface area contributed by atoms with E-state index in [4.69, 9.17) is 0 Å². The van der Waals surface area contributed by atoms with Crippen molar-refractivity contribution in [3.05, 3.63) is 29.8 Å². The maximum atomic E-state index is 11.4. The van der Waals surface area contributed by atoms with E-state index in [9.17, 15) is 4.79 Å². The second-order valence-corrected chi connectivity index (χ2v) is 3.62. The second-order valence-electron chi connectivity index (χ2n) is 3.62. The summed E-state index contributed by atoms with van der Waals surface area (Å²) in [4.78, 5) is 11.4.